The molecule has 0 aromatic heterocycles. The van der Waals surface area contributed by atoms with E-state index in [1.807, 2.05) is 6.07 Å². The van der Waals surface area contributed by atoms with Crippen molar-refractivity contribution in [3.8, 4) is 11.5 Å². The molecule has 1 saturated heterocycles. The molecule has 7 nitrogen and oxygen atoms in total. The van der Waals surface area contributed by atoms with E-state index < -0.39 is 0 Å². The lowest BCUT2D eigenvalue weighted by Gasteiger charge is -2.33. The molecule has 1 aliphatic heterocycles. The number of carbonyl (C=O) groups is 2. The van der Waals surface area contributed by atoms with Crippen molar-refractivity contribution in [3.63, 3.8) is 0 Å². The van der Waals surface area contributed by atoms with E-state index in [0.717, 1.165) is 5.56 Å². The fourth-order valence-electron chi connectivity index (χ4n) is 2.54. The van der Waals surface area contributed by atoms with E-state index in [2.05, 4.69) is 4.74 Å². The molecule has 7 heteroatoms. The van der Waals surface area contributed by atoms with E-state index in [4.69, 9.17) is 9.47 Å². The third kappa shape index (κ3) is 4.06. The van der Waals surface area contributed by atoms with E-state index in [9.17, 15) is 9.59 Å². The SMILES string of the molecule is COC(=O)N1CCN(C(=O)Cc2ccc(OC)c(OC)c2)CC1. The Balaban J connectivity index is 1.94. The lowest BCUT2D eigenvalue weighted by atomic mass is 10.1. The Morgan fingerprint density at radius 2 is 1.57 bits per heavy atom. The van der Waals surface area contributed by atoms with Crippen molar-refractivity contribution in [2.24, 2.45) is 0 Å². The molecule has 0 atom stereocenters. The van der Waals surface area contributed by atoms with Crippen LogP contribution in [0.15, 0.2) is 18.2 Å². The molecule has 0 saturated carbocycles. The summed E-state index contributed by atoms with van der Waals surface area (Å²) in [5.41, 5.74) is 0.864. The number of rotatable bonds is 4. The van der Waals surface area contributed by atoms with Gasteiger partial charge in [0.2, 0.25) is 5.91 Å². The number of benzene rings is 1. The molecule has 1 heterocycles. The van der Waals surface area contributed by atoms with Crippen molar-refractivity contribution in [2.75, 3.05) is 47.5 Å². The summed E-state index contributed by atoms with van der Waals surface area (Å²) in [6, 6.07) is 5.45. The van der Waals surface area contributed by atoms with Gasteiger partial charge in [-0.1, -0.05) is 6.07 Å². The lowest BCUT2D eigenvalue weighted by Crippen LogP contribution is -2.50. The fraction of sp³-hybridized carbons (Fsp3) is 0.500. The van der Waals surface area contributed by atoms with Crippen LogP contribution in [0, 0.1) is 0 Å². The van der Waals surface area contributed by atoms with Gasteiger partial charge in [-0.3, -0.25) is 4.79 Å². The molecule has 126 valence electrons. The molecular weight excluding hydrogens is 300 g/mol. The zero-order valence-corrected chi connectivity index (χ0v) is 13.7. The number of carbonyl (C=O) groups excluding carboxylic acids is 2. The number of amides is 2. The molecule has 0 bridgehead atoms. The van der Waals surface area contributed by atoms with Crippen LogP contribution in [0.1, 0.15) is 5.56 Å². The summed E-state index contributed by atoms with van der Waals surface area (Å²) in [7, 11) is 4.50. The number of piperazine rings is 1. The molecule has 2 amide bonds. The highest BCUT2D eigenvalue weighted by atomic mass is 16.5. The second kappa shape index (κ2) is 7.71. The Morgan fingerprint density at radius 1 is 0.957 bits per heavy atom. The smallest absolute Gasteiger partial charge is 0.409 e. The second-order valence-corrected chi connectivity index (χ2v) is 5.20. The van der Waals surface area contributed by atoms with Gasteiger partial charge in [-0.05, 0) is 17.7 Å². The summed E-state index contributed by atoms with van der Waals surface area (Å²) in [6.45, 7) is 2.01. The van der Waals surface area contributed by atoms with Crippen LogP contribution in [0.4, 0.5) is 4.79 Å². The van der Waals surface area contributed by atoms with Crippen LogP contribution in [0.25, 0.3) is 0 Å². The minimum Gasteiger partial charge on any atom is -0.493 e. The summed E-state index contributed by atoms with van der Waals surface area (Å²) in [5, 5.41) is 0. The Labute approximate surface area is 135 Å². The molecular formula is C16H22N2O5. The fourth-order valence-corrected chi connectivity index (χ4v) is 2.54. The zero-order chi connectivity index (χ0) is 16.8. The van der Waals surface area contributed by atoms with E-state index in [-0.39, 0.29) is 12.0 Å². The van der Waals surface area contributed by atoms with Gasteiger partial charge in [0.15, 0.2) is 11.5 Å². The topological polar surface area (TPSA) is 68.3 Å². The quantitative estimate of drug-likeness (QED) is 0.832. The number of methoxy groups -OCH3 is 3. The van der Waals surface area contributed by atoms with Crippen LogP contribution in [0.5, 0.6) is 11.5 Å². The molecule has 1 aromatic carbocycles. The number of hydrogen-bond donors (Lipinski definition) is 0. The Bertz CT molecular complexity index is 568. The highest BCUT2D eigenvalue weighted by Gasteiger charge is 2.24. The maximum atomic E-state index is 12.4. The first-order chi connectivity index (χ1) is 11.1. The van der Waals surface area contributed by atoms with Crippen LogP contribution in [-0.4, -0.2) is 69.3 Å². The Kier molecular flexibility index (Phi) is 5.67. The summed E-state index contributed by atoms with van der Waals surface area (Å²) in [5.74, 6) is 1.27. The molecule has 23 heavy (non-hydrogen) atoms. The van der Waals surface area contributed by atoms with Gasteiger partial charge in [0, 0.05) is 26.2 Å². The summed E-state index contributed by atoms with van der Waals surface area (Å²) < 4.78 is 15.1. The average molecular weight is 322 g/mol. The van der Waals surface area contributed by atoms with E-state index >= 15 is 0 Å². The molecule has 2 rings (SSSR count). The van der Waals surface area contributed by atoms with Crippen molar-refractivity contribution >= 4 is 12.0 Å². The predicted octanol–water partition coefficient (Wildman–Crippen LogP) is 1.16. The number of nitrogens with zero attached hydrogens (tertiary/aromatic N) is 2. The predicted molar refractivity (Wildman–Crippen MR) is 83.8 cm³/mol. The molecule has 0 unspecified atom stereocenters. The van der Waals surface area contributed by atoms with Crippen LogP contribution in [0.3, 0.4) is 0 Å². The second-order valence-electron chi connectivity index (χ2n) is 5.20. The number of hydrogen-bond acceptors (Lipinski definition) is 5. The maximum Gasteiger partial charge on any atom is 0.409 e. The number of ether oxygens (including phenoxy) is 3. The van der Waals surface area contributed by atoms with Gasteiger partial charge in [0.25, 0.3) is 0 Å². The standard InChI is InChI=1S/C16H22N2O5/c1-21-13-5-4-12(10-14(13)22-2)11-15(19)17-6-8-18(9-7-17)16(20)23-3/h4-5,10H,6-9,11H2,1-3H3. The molecule has 1 aromatic rings. The molecule has 1 aliphatic rings. The highest BCUT2D eigenvalue weighted by Crippen LogP contribution is 2.27. The highest BCUT2D eigenvalue weighted by molar-refractivity contribution is 5.79. The third-order valence-electron chi connectivity index (χ3n) is 3.87. The van der Waals surface area contributed by atoms with E-state index in [1.165, 1.54) is 7.11 Å². The molecule has 0 radical (unpaired) electrons. The first kappa shape index (κ1) is 16.9. The zero-order valence-electron chi connectivity index (χ0n) is 13.7. The van der Waals surface area contributed by atoms with E-state index in [0.29, 0.717) is 44.1 Å². The van der Waals surface area contributed by atoms with Gasteiger partial charge in [0.1, 0.15) is 0 Å². The van der Waals surface area contributed by atoms with Gasteiger partial charge < -0.3 is 24.0 Å². The minimum atomic E-state index is -0.350. The molecule has 1 fully saturated rings. The average Bonchev–Trinajstić information content (AvgIpc) is 2.60. The molecule has 0 N–H and O–H groups in total. The van der Waals surface area contributed by atoms with Gasteiger partial charge in [-0.2, -0.15) is 0 Å². The first-order valence-corrected chi connectivity index (χ1v) is 7.40. The van der Waals surface area contributed by atoms with Crippen LogP contribution >= 0.6 is 0 Å². The van der Waals surface area contributed by atoms with E-state index in [1.54, 1.807) is 36.2 Å². The lowest BCUT2D eigenvalue weighted by molar-refractivity contribution is -0.132. The van der Waals surface area contributed by atoms with Crippen molar-refractivity contribution in [3.05, 3.63) is 23.8 Å². The van der Waals surface area contributed by atoms with Gasteiger partial charge >= 0.3 is 6.09 Å². The first-order valence-electron chi connectivity index (χ1n) is 7.40. The van der Waals surface area contributed by atoms with Crippen LogP contribution in [-0.2, 0) is 16.0 Å². The van der Waals surface area contributed by atoms with Crippen molar-refractivity contribution in [1.29, 1.82) is 0 Å². The van der Waals surface area contributed by atoms with Gasteiger partial charge in [-0.15, -0.1) is 0 Å². The summed E-state index contributed by atoms with van der Waals surface area (Å²) >= 11 is 0. The monoisotopic (exact) mass is 322 g/mol. The van der Waals surface area contributed by atoms with Gasteiger partial charge in [0.05, 0.1) is 27.8 Å². The Hall–Kier alpha value is -2.44. The summed E-state index contributed by atoms with van der Waals surface area (Å²) in [4.78, 5) is 27.2. The van der Waals surface area contributed by atoms with Crippen molar-refractivity contribution in [1.82, 2.24) is 9.80 Å². The van der Waals surface area contributed by atoms with Crippen LogP contribution < -0.4 is 9.47 Å². The molecule has 0 spiro atoms. The Morgan fingerprint density at radius 3 is 2.13 bits per heavy atom. The van der Waals surface area contributed by atoms with Crippen molar-refractivity contribution in [2.45, 2.75) is 6.42 Å². The molecule has 0 aliphatic carbocycles. The summed E-state index contributed by atoms with van der Waals surface area (Å²) in [6.07, 6.45) is -0.0598. The van der Waals surface area contributed by atoms with Crippen molar-refractivity contribution < 1.29 is 23.8 Å². The van der Waals surface area contributed by atoms with Crippen LogP contribution in [0.2, 0.25) is 0 Å². The third-order valence-corrected chi connectivity index (χ3v) is 3.87. The largest absolute Gasteiger partial charge is 0.493 e. The minimum absolute atomic E-state index is 0.0294. The normalized spacial score (nSPS) is 14.4. The maximum absolute atomic E-state index is 12.4. The van der Waals surface area contributed by atoms with Gasteiger partial charge in [-0.25, -0.2) is 4.79 Å².